The average molecular weight is 534 g/mol. The molecule has 4 rings (SSSR count). The van der Waals surface area contributed by atoms with Crippen molar-refractivity contribution >= 4 is 40.7 Å². The van der Waals surface area contributed by atoms with Gasteiger partial charge in [0, 0.05) is 5.69 Å². The number of halogens is 1. The first kappa shape index (κ1) is 26.9. The molecule has 1 fully saturated rings. The molecule has 1 saturated heterocycles. The van der Waals surface area contributed by atoms with Crippen molar-refractivity contribution in [1.29, 1.82) is 0 Å². The van der Waals surface area contributed by atoms with Gasteiger partial charge in [-0.05, 0) is 61.7 Å². The normalized spacial score (nSPS) is 16.6. The molecule has 1 aliphatic rings. The van der Waals surface area contributed by atoms with E-state index in [1.165, 1.54) is 18.1 Å². The molecule has 196 valence electrons. The highest BCUT2D eigenvalue weighted by molar-refractivity contribution is 6.51. The Labute approximate surface area is 226 Å². The summed E-state index contributed by atoms with van der Waals surface area (Å²) >= 11 is 6.37. The molecular weight excluding hydrogens is 506 g/mol. The summed E-state index contributed by atoms with van der Waals surface area (Å²) in [7, 11) is 1.41. The second-order valence-corrected chi connectivity index (χ2v) is 9.50. The van der Waals surface area contributed by atoms with Gasteiger partial charge in [-0.25, -0.2) is 4.79 Å². The number of amides is 1. The van der Waals surface area contributed by atoms with Gasteiger partial charge >= 0.3 is 5.97 Å². The van der Waals surface area contributed by atoms with Gasteiger partial charge in [0.2, 0.25) is 0 Å². The number of rotatable bonds is 7. The van der Waals surface area contributed by atoms with Crippen molar-refractivity contribution in [3.63, 3.8) is 0 Å². The molecule has 1 atom stereocenters. The van der Waals surface area contributed by atoms with Crippen molar-refractivity contribution in [3.8, 4) is 5.75 Å². The van der Waals surface area contributed by atoms with Gasteiger partial charge in [0.05, 0.1) is 41.5 Å². The van der Waals surface area contributed by atoms with E-state index in [4.69, 9.17) is 21.1 Å². The number of methoxy groups -OCH3 is 1. The van der Waals surface area contributed by atoms with Gasteiger partial charge < -0.3 is 14.6 Å². The molecule has 1 heterocycles. The number of benzene rings is 3. The Morgan fingerprint density at radius 1 is 1.03 bits per heavy atom. The molecule has 7 nitrogen and oxygen atoms in total. The molecule has 3 aromatic rings. The predicted octanol–water partition coefficient (Wildman–Crippen LogP) is 6.16. The summed E-state index contributed by atoms with van der Waals surface area (Å²) < 4.78 is 10.7. The van der Waals surface area contributed by atoms with E-state index in [0.717, 1.165) is 11.1 Å². The molecule has 0 saturated carbocycles. The molecule has 0 radical (unpaired) electrons. The zero-order valence-corrected chi connectivity index (χ0v) is 22.3. The molecule has 0 aromatic heterocycles. The summed E-state index contributed by atoms with van der Waals surface area (Å²) in [5.74, 6) is -2.46. The van der Waals surface area contributed by atoms with Crippen molar-refractivity contribution in [2.75, 3.05) is 18.6 Å². The number of aryl methyl sites for hydroxylation is 2. The Morgan fingerprint density at radius 3 is 2.45 bits per heavy atom. The molecule has 1 unspecified atom stereocenters. The van der Waals surface area contributed by atoms with E-state index in [2.05, 4.69) is 0 Å². The first-order valence-electron chi connectivity index (χ1n) is 12.2. The zero-order chi connectivity index (χ0) is 27.6. The van der Waals surface area contributed by atoms with E-state index in [9.17, 15) is 19.5 Å². The number of ether oxygens (including phenoxy) is 2. The van der Waals surface area contributed by atoms with Crippen LogP contribution in [0.15, 0.2) is 66.2 Å². The van der Waals surface area contributed by atoms with Crippen molar-refractivity contribution in [1.82, 2.24) is 0 Å². The van der Waals surface area contributed by atoms with Crippen molar-refractivity contribution in [2.45, 2.75) is 33.2 Å². The lowest BCUT2D eigenvalue weighted by Gasteiger charge is -2.26. The molecule has 0 aliphatic carbocycles. The minimum Gasteiger partial charge on any atom is -0.507 e. The lowest BCUT2D eigenvalue weighted by atomic mass is 9.93. The third-order valence-corrected chi connectivity index (χ3v) is 6.53. The molecule has 3 aromatic carbocycles. The molecule has 1 amide bonds. The van der Waals surface area contributed by atoms with Gasteiger partial charge in [0.15, 0.2) is 0 Å². The minimum absolute atomic E-state index is 0.112. The summed E-state index contributed by atoms with van der Waals surface area (Å²) in [6, 6.07) is 16.0. The van der Waals surface area contributed by atoms with Crippen LogP contribution in [0, 0.1) is 13.8 Å². The van der Waals surface area contributed by atoms with Crippen LogP contribution in [-0.4, -0.2) is 36.5 Å². The zero-order valence-electron chi connectivity index (χ0n) is 21.6. The highest BCUT2D eigenvalue weighted by Crippen LogP contribution is 2.44. The highest BCUT2D eigenvalue weighted by atomic mass is 35.5. The van der Waals surface area contributed by atoms with Gasteiger partial charge in [-0.15, -0.1) is 0 Å². The lowest BCUT2D eigenvalue weighted by molar-refractivity contribution is -0.132. The maximum atomic E-state index is 13.5. The molecule has 1 N–H and O–H groups in total. The highest BCUT2D eigenvalue weighted by Gasteiger charge is 2.47. The van der Waals surface area contributed by atoms with E-state index in [1.54, 1.807) is 43.3 Å². The Bertz CT molecular complexity index is 1460. The van der Waals surface area contributed by atoms with Gasteiger partial charge in [-0.2, -0.15) is 0 Å². The molecule has 0 spiro atoms. The Hall–Kier alpha value is -4.10. The number of ketones is 1. The summed E-state index contributed by atoms with van der Waals surface area (Å²) in [5.41, 5.74) is 2.90. The topological polar surface area (TPSA) is 93.1 Å². The monoisotopic (exact) mass is 533 g/mol. The van der Waals surface area contributed by atoms with E-state index in [0.29, 0.717) is 17.7 Å². The molecule has 8 heteroatoms. The van der Waals surface area contributed by atoms with Gasteiger partial charge in [-0.1, -0.05) is 54.4 Å². The second kappa shape index (κ2) is 11.1. The standard InChI is InChI=1S/C30H28ClNO6/c1-5-12-38-30(36)20-10-7-11-21(16-20)32-25(19-9-6-8-17(2)13-19)24(27(34)29(32)35)26(33)22-14-18(3)15-23(31)28(22)37-4/h6-11,13-16,25,33H,5,12H2,1-4H3/b26-24+. The van der Waals surface area contributed by atoms with Crippen LogP contribution in [0.2, 0.25) is 5.02 Å². The quantitative estimate of drug-likeness (QED) is 0.169. The number of hydrogen-bond acceptors (Lipinski definition) is 6. The van der Waals surface area contributed by atoms with E-state index in [-0.39, 0.29) is 34.1 Å². The number of aliphatic hydroxyl groups is 1. The van der Waals surface area contributed by atoms with E-state index < -0.39 is 29.5 Å². The van der Waals surface area contributed by atoms with Crippen molar-refractivity contribution in [3.05, 3.63) is 99.1 Å². The number of esters is 1. The Morgan fingerprint density at radius 2 is 1.76 bits per heavy atom. The van der Waals surface area contributed by atoms with Crippen LogP contribution in [0.3, 0.4) is 0 Å². The SMILES string of the molecule is CCCOC(=O)c1cccc(N2C(=O)C(=O)/C(=C(/O)c3cc(C)cc(Cl)c3OC)C2c2cccc(C)c2)c1. The van der Waals surface area contributed by atoms with Crippen LogP contribution in [0.25, 0.3) is 5.76 Å². The maximum absolute atomic E-state index is 13.5. The molecular formula is C30H28ClNO6. The molecule has 0 bridgehead atoms. The number of carbonyl (C=O) groups excluding carboxylic acids is 3. The maximum Gasteiger partial charge on any atom is 0.338 e. The summed E-state index contributed by atoms with van der Waals surface area (Å²) in [6.07, 6.45) is 0.667. The first-order chi connectivity index (χ1) is 18.2. The van der Waals surface area contributed by atoms with Crippen molar-refractivity contribution in [2.24, 2.45) is 0 Å². The largest absolute Gasteiger partial charge is 0.507 e. The van der Waals surface area contributed by atoms with Crippen LogP contribution in [0.5, 0.6) is 5.75 Å². The smallest absolute Gasteiger partial charge is 0.338 e. The number of Topliss-reactive ketones (excluding diaryl/α,β-unsaturated/α-hetero) is 1. The van der Waals surface area contributed by atoms with Crippen LogP contribution in [-0.2, 0) is 14.3 Å². The fraction of sp³-hybridized carbons (Fsp3) is 0.233. The lowest BCUT2D eigenvalue weighted by Crippen LogP contribution is -2.29. The van der Waals surface area contributed by atoms with Crippen LogP contribution < -0.4 is 9.64 Å². The van der Waals surface area contributed by atoms with Gasteiger partial charge in [-0.3, -0.25) is 14.5 Å². The van der Waals surface area contributed by atoms with Crippen LogP contribution in [0.1, 0.15) is 52.0 Å². The fourth-order valence-electron chi connectivity index (χ4n) is 4.57. The van der Waals surface area contributed by atoms with Crippen LogP contribution >= 0.6 is 11.6 Å². The molecule has 1 aliphatic heterocycles. The first-order valence-corrected chi connectivity index (χ1v) is 12.5. The number of carbonyl (C=O) groups is 3. The van der Waals surface area contributed by atoms with Crippen molar-refractivity contribution < 1.29 is 29.0 Å². The number of anilines is 1. The second-order valence-electron chi connectivity index (χ2n) is 9.10. The Kier molecular flexibility index (Phi) is 7.88. The van der Waals surface area contributed by atoms with Gasteiger partial charge in [0.25, 0.3) is 11.7 Å². The molecule has 38 heavy (non-hydrogen) atoms. The number of aliphatic hydroxyl groups excluding tert-OH is 1. The summed E-state index contributed by atoms with van der Waals surface area (Å²) in [6.45, 7) is 5.84. The van der Waals surface area contributed by atoms with E-state index >= 15 is 0 Å². The summed E-state index contributed by atoms with van der Waals surface area (Å²) in [4.78, 5) is 40.9. The fourth-order valence-corrected chi connectivity index (χ4v) is 4.92. The van der Waals surface area contributed by atoms with E-state index in [1.807, 2.05) is 32.0 Å². The average Bonchev–Trinajstić information content (AvgIpc) is 3.16. The minimum atomic E-state index is -0.971. The predicted molar refractivity (Wildman–Crippen MR) is 146 cm³/mol. The summed E-state index contributed by atoms with van der Waals surface area (Å²) in [5, 5.41) is 11.8. The third-order valence-electron chi connectivity index (χ3n) is 6.25. The third kappa shape index (κ3) is 5.02. The number of hydrogen-bond donors (Lipinski definition) is 1. The Balaban J connectivity index is 1.95. The van der Waals surface area contributed by atoms with Gasteiger partial charge in [0.1, 0.15) is 11.5 Å². The number of nitrogens with zero attached hydrogens (tertiary/aromatic N) is 1. The van der Waals surface area contributed by atoms with Crippen LogP contribution in [0.4, 0.5) is 5.69 Å².